The normalized spacial score (nSPS) is 9.95. The summed E-state index contributed by atoms with van der Waals surface area (Å²) in [7, 11) is 4.98. The Hall–Kier alpha value is -2.29. The molecule has 3 nitrogen and oxygen atoms in total. The van der Waals surface area contributed by atoms with Gasteiger partial charge < -0.3 is 14.2 Å². The molecule has 0 aliphatic heterocycles. The van der Waals surface area contributed by atoms with Gasteiger partial charge in [-0.05, 0) is 17.7 Å². The van der Waals surface area contributed by atoms with Crippen LogP contribution in [0.3, 0.4) is 0 Å². The average molecular weight is 271 g/mol. The van der Waals surface area contributed by atoms with E-state index in [1.807, 2.05) is 30.3 Å². The summed E-state index contributed by atoms with van der Waals surface area (Å²) in [4.78, 5) is 0. The van der Waals surface area contributed by atoms with E-state index in [0.29, 0.717) is 0 Å². The molecule has 0 fully saturated rings. The molecular formula is C17H19O3+. The highest BCUT2D eigenvalue weighted by Crippen LogP contribution is 2.24. The Labute approximate surface area is 120 Å². The fraction of sp³-hybridized carbons (Fsp3) is 0.235. The van der Waals surface area contributed by atoms with Crippen molar-refractivity contribution in [3.05, 3.63) is 60.0 Å². The molecule has 0 aliphatic carbocycles. The molecule has 20 heavy (non-hydrogen) atoms. The lowest BCUT2D eigenvalue weighted by atomic mass is 10.0. The predicted molar refractivity (Wildman–Crippen MR) is 79.6 cm³/mol. The third-order valence-corrected chi connectivity index (χ3v) is 3.11. The maximum Gasteiger partial charge on any atom is 0.181 e. The summed E-state index contributed by atoms with van der Waals surface area (Å²) in [6.45, 7) is 0. The molecule has 0 radical (unpaired) electrons. The van der Waals surface area contributed by atoms with Crippen molar-refractivity contribution < 1.29 is 14.2 Å². The second-order valence-electron chi connectivity index (χ2n) is 4.40. The highest BCUT2D eigenvalue weighted by molar-refractivity contribution is 5.42. The van der Waals surface area contributed by atoms with Gasteiger partial charge in [-0.3, -0.25) is 0 Å². The van der Waals surface area contributed by atoms with Crippen LogP contribution in [0, 0.1) is 6.42 Å². The fourth-order valence-electron chi connectivity index (χ4n) is 1.94. The first kappa shape index (κ1) is 14.1. The van der Waals surface area contributed by atoms with Crippen molar-refractivity contribution in [2.75, 3.05) is 21.3 Å². The Morgan fingerprint density at radius 1 is 0.750 bits per heavy atom. The molecule has 0 aromatic heterocycles. The highest BCUT2D eigenvalue weighted by Gasteiger charge is 2.10. The van der Waals surface area contributed by atoms with Gasteiger partial charge in [0.15, 0.2) is 11.5 Å². The standard InChI is InChI=1S/C17H19O3/c1-18-15-8-6-13(7-9-15)4-5-14-10-16(19-2)12-17(11-14)20-3/h5-12H,4H2,1-3H3/q+1. The minimum atomic E-state index is 0.797. The summed E-state index contributed by atoms with van der Waals surface area (Å²) >= 11 is 0. The third kappa shape index (κ3) is 3.60. The molecule has 0 atom stereocenters. The Kier molecular flexibility index (Phi) is 4.77. The smallest absolute Gasteiger partial charge is 0.181 e. The van der Waals surface area contributed by atoms with Gasteiger partial charge in [0.25, 0.3) is 0 Å². The lowest BCUT2D eigenvalue weighted by molar-refractivity contribution is 0.394. The van der Waals surface area contributed by atoms with Crippen molar-refractivity contribution >= 4 is 0 Å². The Morgan fingerprint density at radius 3 is 1.80 bits per heavy atom. The molecule has 2 rings (SSSR count). The zero-order valence-corrected chi connectivity index (χ0v) is 12.1. The van der Waals surface area contributed by atoms with Gasteiger partial charge in [-0.15, -0.1) is 0 Å². The predicted octanol–water partition coefficient (Wildman–Crippen LogP) is 3.51. The van der Waals surface area contributed by atoms with Crippen molar-refractivity contribution in [2.45, 2.75) is 6.42 Å². The number of ether oxygens (including phenoxy) is 3. The first-order valence-corrected chi connectivity index (χ1v) is 6.44. The van der Waals surface area contributed by atoms with E-state index in [1.165, 1.54) is 5.56 Å². The van der Waals surface area contributed by atoms with Crippen LogP contribution in [0.15, 0.2) is 42.5 Å². The van der Waals surface area contributed by atoms with Crippen LogP contribution in [0.1, 0.15) is 11.1 Å². The van der Waals surface area contributed by atoms with Gasteiger partial charge in [0.2, 0.25) is 0 Å². The molecule has 3 heteroatoms. The van der Waals surface area contributed by atoms with Crippen LogP contribution >= 0.6 is 0 Å². The molecule has 0 saturated carbocycles. The maximum absolute atomic E-state index is 5.26. The molecule has 2 aromatic carbocycles. The van der Waals surface area contributed by atoms with E-state index in [4.69, 9.17) is 14.2 Å². The molecule has 0 N–H and O–H groups in total. The van der Waals surface area contributed by atoms with Crippen LogP contribution in [-0.2, 0) is 6.42 Å². The van der Waals surface area contributed by atoms with Crippen LogP contribution < -0.4 is 14.2 Å². The fourth-order valence-corrected chi connectivity index (χ4v) is 1.94. The van der Waals surface area contributed by atoms with Gasteiger partial charge in [-0.2, -0.15) is 0 Å². The third-order valence-electron chi connectivity index (χ3n) is 3.11. The lowest BCUT2D eigenvalue weighted by Crippen LogP contribution is -1.93. The van der Waals surface area contributed by atoms with E-state index >= 15 is 0 Å². The van der Waals surface area contributed by atoms with Crippen LogP contribution in [0.2, 0.25) is 0 Å². The van der Waals surface area contributed by atoms with Gasteiger partial charge in [0.05, 0.1) is 39.5 Å². The summed E-state index contributed by atoms with van der Waals surface area (Å²) in [5, 5.41) is 0. The van der Waals surface area contributed by atoms with E-state index in [1.54, 1.807) is 21.3 Å². The first-order chi connectivity index (χ1) is 9.75. The van der Waals surface area contributed by atoms with Gasteiger partial charge >= 0.3 is 0 Å². The number of benzene rings is 2. The lowest BCUT2D eigenvalue weighted by Gasteiger charge is -2.03. The largest absolute Gasteiger partial charge is 0.497 e. The molecule has 104 valence electrons. The Bertz CT molecular complexity index is 524. The van der Waals surface area contributed by atoms with E-state index in [-0.39, 0.29) is 0 Å². The highest BCUT2D eigenvalue weighted by atomic mass is 16.5. The minimum Gasteiger partial charge on any atom is -0.497 e. The van der Waals surface area contributed by atoms with Crippen molar-refractivity contribution in [3.63, 3.8) is 0 Å². The van der Waals surface area contributed by atoms with Crippen LogP contribution in [0.4, 0.5) is 0 Å². The molecule has 0 heterocycles. The van der Waals surface area contributed by atoms with E-state index < -0.39 is 0 Å². The number of rotatable bonds is 6. The summed E-state index contributed by atoms with van der Waals surface area (Å²) in [5.41, 5.74) is 2.31. The van der Waals surface area contributed by atoms with Gasteiger partial charge in [0, 0.05) is 12.8 Å². The van der Waals surface area contributed by atoms with E-state index in [2.05, 4.69) is 18.6 Å². The zero-order valence-electron chi connectivity index (χ0n) is 12.1. The molecule has 2 aromatic rings. The summed E-state index contributed by atoms with van der Waals surface area (Å²) in [6.07, 6.45) is 2.99. The van der Waals surface area contributed by atoms with Crippen LogP contribution in [-0.4, -0.2) is 21.3 Å². The molecule has 0 aliphatic rings. The molecule has 0 amide bonds. The number of hydrogen-bond acceptors (Lipinski definition) is 3. The van der Waals surface area contributed by atoms with Crippen molar-refractivity contribution in [3.8, 4) is 17.2 Å². The number of hydrogen-bond donors (Lipinski definition) is 0. The topological polar surface area (TPSA) is 27.7 Å². The first-order valence-electron chi connectivity index (χ1n) is 6.44. The second-order valence-corrected chi connectivity index (χ2v) is 4.40. The van der Waals surface area contributed by atoms with E-state index in [0.717, 1.165) is 29.2 Å². The molecule has 0 saturated heterocycles. The molecule has 0 unspecified atom stereocenters. The summed E-state index contributed by atoms with van der Waals surface area (Å²) in [6, 6.07) is 13.9. The second kappa shape index (κ2) is 6.75. The summed E-state index contributed by atoms with van der Waals surface area (Å²) in [5.74, 6) is 2.47. The van der Waals surface area contributed by atoms with Crippen LogP contribution in [0.5, 0.6) is 17.2 Å². The molecular weight excluding hydrogens is 252 g/mol. The maximum atomic E-state index is 5.26. The Morgan fingerprint density at radius 2 is 1.30 bits per heavy atom. The van der Waals surface area contributed by atoms with Gasteiger partial charge in [0.1, 0.15) is 11.3 Å². The zero-order chi connectivity index (χ0) is 14.4. The van der Waals surface area contributed by atoms with Crippen LogP contribution in [0.25, 0.3) is 0 Å². The van der Waals surface area contributed by atoms with Crippen molar-refractivity contribution in [2.24, 2.45) is 0 Å². The van der Waals surface area contributed by atoms with Crippen molar-refractivity contribution in [1.82, 2.24) is 0 Å². The molecule has 0 bridgehead atoms. The molecule has 0 spiro atoms. The Balaban J connectivity index is 2.05. The van der Waals surface area contributed by atoms with Gasteiger partial charge in [-0.1, -0.05) is 12.1 Å². The van der Waals surface area contributed by atoms with Crippen molar-refractivity contribution in [1.29, 1.82) is 0 Å². The number of methoxy groups -OCH3 is 3. The SMILES string of the molecule is COc1ccc(C[CH+]c2cc(OC)cc(OC)c2)cc1. The van der Waals surface area contributed by atoms with E-state index in [9.17, 15) is 0 Å². The summed E-state index contributed by atoms with van der Waals surface area (Å²) < 4.78 is 15.7. The quantitative estimate of drug-likeness (QED) is 0.752. The average Bonchev–Trinajstić information content (AvgIpc) is 2.53. The van der Waals surface area contributed by atoms with Gasteiger partial charge in [-0.25, -0.2) is 0 Å². The minimum absolute atomic E-state index is 0.797. The monoisotopic (exact) mass is 271 g/mol.